The molecule has 1 saturated carbocycles. The van der Waals surface area contributed by atoms with Crippen molar-refractivity contribution in [2.24, 2.45) is 5.92 Å². The molecule has 0 aromatic heterocycles. The summed E-state index contributed by atoms with van der Waals surface area (Å²) < 4.78 is 6.37. The van der Waals surface area contributed by atoms with Crippen LogP contribution in [0, 0.1) is 5.92 Å². The molecule has 1 heterocycles. The standard InChI is InChI=1S/C18H24BrN3O3/c1-18(2,3)25-17(24)22-12-6-4-10(8-12)15(22)16(23)21-14-7-5-11(19)9-13(14)20/h5,7,9-10,12,15H,4,6,8,20H2,1-3H3,(H,21,23)/t10-,12+,15?/m0/s1. The third-order valence-electron chi connectivity index (χ3n) is 4.73. The topological polar surface area (TPSA) is 84.7 Å². The van der Waals surface area contributed by atoms with Crippen LogP contribution in [0.4, 0.5) is 16.2 Å². The molecule has 25 heavy (non-hydrogen) atoms. The number of ether oxygens (including phenoxy) is 1. The van der Waals surface area contributed by atoms with Gasteiger partial charge in [-0.2, -0.15) is 0 Å². The first kappa shape index (κ1) is 18.0. The third kappa shape index (κ3) is 3.76. The van der Waals surface area contributed by atoms with E-state index >= 15 is 0 Å². The van der Waals surface area contributed by atoms with Gasteiger partial charge in [-0.1, -0.05) is 15.9 Å². The normalized spacial score (nSPS) is 25.1. The van der Waals surface area contributed by atoms with Crippen LogP contribution in [0.15, 0.2) is 22.7 Å². The van der Waals surface area contributed by atoms with Crippen LogP contribution in [0.25, 0.3) is 0 Å². The Balaban J connectivity index is 1.78. The Morgan fingerprint density at radius 2 is 2.04 bits per heavy atom. The summed E-state index contributed by atoms with van der Waals surface area (Å²) in [6.45, 7) is 5.49. The highest BCUT2D eigenvalue weighted by Crippen LogP contribution is 2.43. The molecule has 1 aromatic rings. The number of hydrogen-bond acceptors (Lipinski definition) is 4. The molecule has 1 aliphatic heterocycles. The lowest BCUT2D eigenvalue weighted by Gasteiger charge is -2.35. The number of nitrogens with two attached hydrogens (primary N) is 1. The number of rotatable bonds is 2. The van der Waals surface area contributed by atoms with Crippen molar-refractivity contribution in [1.29, 1.82) is 0 Å². The van der Waals surface area contributed by atoms with Gasteiger partial charge >= 0.3 is 6.09 Å². The van der Waals surface area contributed by atoms with Crippen molar-refractivity contribution < 1.29 is 14.3 Å². The van der Waals surface area contributed by atoms with Crippen molar-refractivity contribution in [3.8, 4) is 0 Å². The quantitative estimate of drug-likeness (QED) is 0.728. The summed E-state index contributed by atoms with van der Waals surface area (Å²) in [6.07, 6.45) is 2.32. The fraction of sp³-hybridized carbons (Fsp3) is 0.556. The van der Waals surface area contributed by atoms with E-state index in [0.29, 0.717) is 11.4 Å². The van der Waals surface area contributed by atoms with E-state index in [-0.39, 0.29) is 17.9 Å². The maximum Gasteiger partial charge on any atom is 0.411 e. The summed E-state index contributed by atoms with van der Waals surface area (Å²) >= 11 is 3.35. The number of amides is 2. The molecular formula is C18H24BrN3O3. The van der Waals surface area contributed by atoms with Crippen LogP contribution in [0.3, 0.4) is 0 Å². The van der Waals surface area contributed by atoms with E-state index in [1.54, 1.807) is 17.0 Å². The third-order valence-corrected chi connectivity index (χ3v) is 5.22. The summed E-state index contributed by atoms with van der Waals surface area (Å²) in [5, 5.41) is 2.88. The predicted molar refractivity (Wildman–Crippen MR) is 100 cm³/mol. The van der Waals surface area contributed by atoms with Gasteiger partial charge in [0.2, 0.25) is 5.91 Å². The Morgan fingerprint density at radius 3 is 2.68 bits per heavy atom. The van der Waals surface area contributed by atoms with E-state index in [9.17, 15) is 9.59 Å². The lowest BCUT2D eigenvalue weighted by atomic mass is 9.98. The van der Waals surface area contributed by atoms with Gasteiger partial charge in [-0.05, 0) is 64.2 Å². The van der Waals surface area contributed by atoms with Crippen molar-refractivity contribution in [1.82, 2.24) is 4.90 Å². The lowest BCUT2D eigenvalue weighted by Crippen LogP contribution is -2.52. The fourth-order valence-electron chi connectivity index (χ4n) is 3.76. The smallest absolute Gasteiger partial charge is 0.411 e. The second kappa shape index (κ2) is 6.52. The summed E-state index contributed by atoms with van der Waals surface area (Å²) in [4.78, 5) is 27.1. The predicted octanol–water partition coefficient (Wildman–Crippen LogP) is 3.76. The molecule has 3 atom stereocenters. The molecule has 2 fully saturated rings. The molecule has 136 valence electrons. The van der Waals surface area contributed by atoms with Crippen LogP contribution >= 0.6 is 15.9 Å². The lowest BCUT2D eigenvalue weighted by molar-refractivity contribution is -0.122. The Morgan fingerprint density at radius 1 is 1.32 bits per heavy atom. The molecule has 1 aliphatic carbocycles. The highest BCUT2D eigenvalue weighted by atomic mass is 79.9. The summed E-state index contributed by atoms with van der Waals surface area (Å²) in [6, 6.07) is 4.89. The minimum atomic E-state index is -0.587. The molecule has 1 aromatic carbocycles. The van der Waals surface area contributed by atoms with Crippen LogP contribution in [-0.4, -0.2) is 34.6 Å². The largest absolute Gasteiger partial charge is 0.444 e. The average Bonchev–Trinajstić information content (AvgIpc) is 3.09. The molecule has 0 spiro atoms. The van der Waals surface area contributed by atoms with Crippen molar-refractivity contribution >= 4 is 39.3 Å². The number of anilines is 2. The molecule has 2 amide bonds. The first-order valence-electron chi connectivity index (χ1n) is 8.53. The van der Waals surface area contributed by atoms with E-state index < -0.39 is 17.7 Å². The van der Waals surface area contributed by atoms with Crippen LogP contribution in [0.5, 0.6) is 0 Å². The number of nitrogen functional groups attached to an aromatic ring is 1. The van der Waals surface area contributed by atoms with Crippen molar-refractivity contribution in [3.63, 3.8) is 0 Å². The minimum Gasteiger partial charge on any atom is -0.444 e. The van der Waals surface area contributed by atoms with E-state index in [2.05, 4.69) is 21.2 Å². The Labute approximate surface area is 156 Å². The maximum atomic E-state index is 12.9. The molecule has 2 bridgehead atoms. The van der Waals surface area contributed by atoms with E-state index in [1.165, 1.54) is 0 Å². The zero-order valence-electron chi connectivity index (χ0n) is 14.7. The highest BCUT2D eigenvalue weighted by molar-refractivity contribution is 9.10. The van der Waals surface area contributed by atoms with Gasteiger partial charge < -0.3 is 15.8 Å². The highest BCUT2D eigenvalue weighted by Gasteiger charge is 2.52. The van der Waals surface area contributed by atoms with Gasteiger partial charge in [-0.25, -0.2) is 4.79 Å². The van der Waals surface area contributed by atoms with E-state index in [1.807, 2.05) is 26.8 Å². The van der Waals surface area contributed by atoms with Crippen molar-refractivity contribution in [2.45, 2.75) is 57.7 Å². The van der Waals surface area contributed by atoms with Crippen LogP contribution in [0.2, 0.25) is 0 Å². The van der Waals surface area contributed by atoms with E-state index in [0.717, 1.165) is 23.7 Å². The second-order valence-electron chi connectivity index (χ2n) is 7.78. The first-order chi connectivity index (χ1) is 11.7. The van der Waals surface area contributed by atoms with Gasteiger partial charge in [0.25, 0.3) is 0 Å². The van der Waals surface area contributed by atoms with Gasteiger partial charge in [0, 0.05) is 10.5 Å². The van der Waals surface area contributed by atoms with Crippen LogP contribution in [-0.2, 0) is 9.53 Å². The number of carbonyl (C=O) groups is 2. The van der Waals surface area contributed by atoms with E-state index in [4.69, 9.17) is 10.5 Å². The van der Waals surface area contributed by atoms with Crippen molar-refractivity contribution in [2.75, 3.05) is 11.1 Å². The SMILES string of the molecule is CC(C)(C)OC(=O)N1C(C(=O)Nc2ccc(Br)cc2N)[C@H]2CC[C@@H]1C2. The number of piperidine rings is 1. The number of nitrogens with zero attached hydrogens (tertiary/aromatic N) is 1. The zero-order valence-corrected chi connectivity index (χ0v) is 16.3. The van der Waals surface area contributed by atoms with Gasteiger partial charge in [0.05, 0.1) is 11.4 Å². The summed E-state index contributed by atoms with van der Waals surface area (Å²) in [7, 11) is 0. The Hall–Kier alpha value is -1.76. The van der Waals surface area contributed by atoms with Gasteiger partial charge in [-0.3, -0.25) is 9.69 Å². The summed E-state index contributed by atoms with van der Waals surface area (Å²) in [5.74, 6) is -0.0266. The van der Waals surface area contributed by atoms with Gasteiger partial charge in [-0.15, -0.1) is 0 Å². The minimum absolute atomic E-state index is 0.0814. The maximum absolute atomic E-state index is 12.9. The summed E-state index contributed by atoms with van der Waals surface area (Å²) in [5.41, 5.74) is 6.42. The zero-order chi connectivity index (χ0) is 18.4. The number of carbonyl (C=O) groups excluding carboxylic acids is 2. The number of likely N-dealkylation sites (tertiary alicyclic amines) is 1. The van der Waals surface area contributed by atoms with Gasteiger partial charge in [0.15, 0.2) is 0 Å². The van der Waals surface area contributed by atoms with Crippen molar-refractivity contribution in [3.05, 3.63) is 22.7 Å². The number of halogens is 1. The molecule has 0 radical (unpaired) electrons. The average molecular weight is 410 g/mol. The molecular weight excluding hydrogens is 386 g/mol. The number of benzene rings is 1. The number of hydrogen-bond donors (Lipinski definition) is 2. The number of fused-ring (bicyclic) bond motifs is 2. The molecule has 3 rings (SSSR count). The monoisotopic (exact) mass is 409 g/mol. The first-order valence-corrected chi connectivity index (χ1v) is 9.32. The Kier molecular flexibility index (Phi) is 4.70. The van der Waals surface area contributed by atoms with Gasteiger partial charge in [0.1, 0.15) is 11.6 Å². The molecule has 1 unspecified atom stereocenters. The number of nitrogens with one attached hydrogen (secondary N) is 1. The molecule has 6 nitrogen and oxygen atoms in total. The molecule has 2 aliphatic rings. The van der Waals surface area contributed by atoms with Crippen LogP contribution in [0.1, 0.15) is 40.0 Å². The Bertz CT molecular complexity index is 701. The molecule has 3 N–H and O–H groups in total. The molecule has 7 heteroatoms. The fourth-order valence-corrected chi connectivity index (χ4v) is 4.14. The molecule has 1 saturated heterocycles. The second-order valence-corrected chi connectivity index (χ2v) is 8.70. The van der Waals surface area contributed by atoms with Crippen LogP contribution < -0.4 is 11.1 Å².